The number of rotatable bonds is 5. The van der Waals surface area contributed by atoms with E-state index in [4.69, 9.17) is 9.72 Å². The number of nitrogens with zero attached hydrogens (tertiary/aromatic N) is 2. The van der Waals surface area contributed by atoms with E-state index in [1.54, 1.807) is 7.11 Å². The molecule has 3 nitrogen and oxygen atoms in total. The molecule has 3 aromatic rings. The fourth-order valence-corrected chi connectivity index (χ4v) is 4.03. The Balaban J connectivity index is 1.97. The van der Waals surface area contributed by atoms with Gasteiger partial charge in [0, 0.05) is 35.3 Å². The molecule has 0 aliphatic heterocycles. The van der Waals surface area contributed by atoms with E-state index in [1.807, 2.05) is 6.07 Å². The van der Waals surface area contributed by atoms with Crippen LogP contribution in [0.3, 0.4) is 0 Å². The monoisotopic (exact) mass is 410 g/mol. The molecule has 1 aliphatic carbocycles. The van der Waals surface area contributed by atoms with Gasteiger partial charge >= 0.3 is 0 Å². The fraction of sp³-hybridized carbons (Fsp3) is 0.250. The minimum Gasteiger partial charge on any atom is -0.384 e. The van der Waals surface area contributed by atoms with Gasteiger partial charge in [0.1, 0.15) is 5.82 Å². The van der Waals surface area contributed by atoms with Gasteiger partial charge in [0.15, 0.2) is 0 Å². The summed E-state index contributed by atoms with van der Waals surface area (Å²) in [4.78, 5) is 5.24. The molecule has 0 N–H and O–H groups in total. The van der Waals surface area contributed by atoms with Crippen LogP contribution < -0.4 is 0 Å². The molecule has 1 atom stereocenters. The van der Waals surface area contributed by atoms with Gasteiger partial charge in [0.2, 0.25) is 0 Å². The molecular formula is C28H30N2O. The first-order valence-electron chi connectivity index (χ1n) is 10.8. The molecule has 0 fully saturated rings. The maximum Gasteiger partial charge on any atom is 0.141 e. The highest BCUT2D eigenvalue weighted by molar-refractivity contribution is 5.84. The molecule has 158 valence electrons. The summed E-state index contributed by atoms with van der Waals surface area (Å²) in [6, 6.07) is 21.0. The first-order chi connectivity index (χ1) is 15.0. The van der Waals surface area contributed by atoms with Crippen molar-refractivity contribution in [3.05, 3.63) is 96.9 Å². The Hall–Kier alpha value is -3.17. The molecular weight excluding hydrogens is 380 g/mol. The third kappa shape index (κ3) is 4.47. The molecule has 0 radical (unpaired) electrons. The maximum absolute atomic E-state index is 5.35. The topological polar surface area (TPSA) is 27.1 Å². The number of hydrogen-bond acceptors (Lipinski definition) is 2. The first kappa shape index (κ1) is 21.1. The molecule has 31 heavy (non-hydrogen) atoms. The van der Waals surface area contributed by atoms with Crippen molar-refractivity contribution in [1.82, 2.24) is 9.55 Å². The Morgan fingerprint density at radius 1 is 0.903 bits per heavy atom. The predicted octanol–water partition coefficient (Wildman–Crippen LogP) is 6.74. The van der Waals surface area contributed by atoms with Crippen LogP contribution in [0.5, 0.6) is 0 Å². The largest absolute Gasteiger partial charge is 0.384 e. The van der Waals surface area contributed by atoms with E-state index in [9.17, 15) is 0 Å². The molecule has 3 heteroatoms. The average molecular weight is 411 g/mol. The van der Waals surface area contributed by atoms with Gasteiger partial charge in [-0.25, -0.2) is 4.98 Å². The van der Waals surface area contributed by atoms with Gasteiger partial charge in [-0.2, -0.15) is 0 Å². The van der Waals surface area contributed by atoms with E-state index in [1.165, 1.54) is 5.56 Å². The van der Waals surface area contributed by atoms with Gasteiger partial charge in [-0.05, 0) is 20.8 Å². The van der Waals surface area contributed by atoms with Gasteiger partial charge in [-0.3, -0.25) is 0 Å². The minimum atomic E-state index is -0.156. The van der Waals surface area contributed by atoms with Crippen LogP contribution >= 0.6 is 0 Å². The number of aromatic nitrogens is 2. The standard InChI is InChI=1S/C28H30N2O/c1-28(2,3)30-26(23-15-9-6-10-16-23)25(22-13-7-5-8-14-22)29-27(30)24-17-11-12-21(18-19-24)20-31-4/h5-19,21H,20H2,1-4H3. The van der Waals surface area contributed by atoms with E-state index in [0.717, 1.165) is 28.3 Å². The average Bonchev–Trinajstić information content (AvgIpc) is 3.04. The normalized spacial score (nSPS) is 16.3. The number of ether oxygens (including phenoxy) is 1. The highest BCUT2D eigenvalue weighted by Crippen LogP contribution is 2.39. The van der Waals surface area contributed by atoms with Crippen LogP contribution in [0.2, 0.25) is 0 Å². The third-order valence-corrected chi connectivity index (χ3v) is 5.42. The van der Waals surface area contributed by atoms with Crippen LogP contribution in [0.25, 0.3) is 28.1 Å². The van der Waals surface area contributed by atoms with Gasteiger partial charge in [-0.1, -0.05) is 91.0 Å². The molecule has 2 aromatic carbocycles. The van der Waals surface area contributed by atoms with Crippen molar-refractivity contribution in [3.8, 4) is 22.5 Å². The van der Waals surface area contributed by atoms with Crippen LogP contribution in [0.1, 0.15) is 26.6 Å². The van der Waals surface area contributed by atoms with Crippen LogP contribution in [-0.2, 0) is 10.3 Å². The van der Waals surface area contributed by atoms with E-state index in [-0.39, 0.29) is 11.5 Å². The van der Waals surface area contributed by atoms with Gasteiger partial charge in [0.05, 0.1) is 18.0 Å². The Labute approximate surface area is 185 Å². The number of imidazole rings is 1. The van der Waals surface area contributed by atoms with Crippen LogP contribution in [-0.4, -0.2) is 23.3 Å². The van der Waals surface area contributed by atoms with Crippen molar-refractivity contribution in [2.24, 2.45) is 5.92 Å². The van der Waals surface area contributed by atoms with Gasteiger partial charge in [-0.15, -0.1) is 0 Å². The SMILES string of the molecule is COCC1C=CC=C(c2nc(-c3ccccc3)c(-c3ccccc3)n2C(C)(C)C)C=C1. The summed E-state index contributed by atoms with van der Waals surface area (Å²) >= 11 is 0. The fourth-order valence-electron chi connectivity index (χ4n) is 4.03. The lowest BCUT2D eigenvalue weighted by Gasteiger charge is -2.27. The summed E-state index contributed by atoms with van der Waals surface area (Å²) < 4.78 is 7.73. The Bertz CT molecular complexity index is 1110. The molecule has 4 rings (SSSR count). The van der Waals surface area contributed by atoms with Gasteiger partial charge < -0.3 is 9.30 Å². The summed E-state index contributed by atoms with van der Waals surface area (Å²) in [6.45, 7) is 7.39. The van der Waals surface area contributed by atoms with Crippen LogP contribution in [0, 0.1) is 5.92 Å². The summed E-state index contributed by atoms with van der Waals surface area (Å²) in [6.07, 6.45) is 10.8. The smallest absolute Gasteiger partial charge is 0.141 e. The van der Waals surface area contributed by atoms with Gasteiger partial charge in [0.25, 0.3) is 0 Å². The van der Waals surface area contributed by atoms with Crippen molar-refractivity contribution in [2.75, 3.05) is 13.7 Å². The zero-order valence-corrected chi connectivity index (χ0v) is 18.7. The number of benzene rings is 2. The van der Waals surface area contributed by atoms with E-state index < -0.39 is 0 Å². The summed E-state index contributed by atoms with van der Waals surface area (Å²) in [5.41, 5.74) is 5.39. The number of methoxy groups -OCH3 is 1. The van der Waals surface area contributed by atoms with E-state index >= 15 is 0 Å². The minimum absolute atomic E-state index is 0.156. The van der Waals surface area contributed by atoms with E-state index in [0.29, 0.717) is 6.61 Å². The first-order valence-corrected chi connectivity index (χ1v) is 10.8. The summed E-state index contributed by atoms with van der Waals surface area (Å²) in [7, 11) is 1.74. The predicted molar refractivity (Wildman–Crippen MR) is 130 cm³/mol. The lowest BCUT2D eigenvalue weighted by molar-refractivity contribution is 0.184. The lowest BCUT2D eigenvalue weighted by Crippen LogP contribution is -2.25. The highest BCUT2D eigenvalue weighted by atomic mass is 16.5. The molecule has 0 bridgehead atoms. The molecule has 1 aliphatic rings. The molecule has 1 aromatic heterocycles. The lowest BCUT2D eigenvalue weighted by atomic mass is 10.0. The Morgan fingerprint density at radius 3 is 2.16 bits per heavy atom. The highest BCUT2D eigenvalue weighted by Gasteiger charge is 2.28. The van der Waals surface area contributed by atoms with Crippen LogP contribution in [0.15, 0.2) is 91.0 Å². The summed E-state index contributed by atoms with van der Waals surface area (Å²) in [5.74, 6) is 1.24. The third-order valence-electron chi connectivity index (χ3n) is 5.42. The second-order valence-electron chi connectivity index (χ2n) is 8.86. The van der Waals surface area contributed by atoms with Crippen molar-refractivity contribution >= 4 is 5.57 Å². The van der Waals surface area contributed by atoms with Crippen molar-refractivity contribution in [2.45, 2.75) is 26.3 Å². The Kier molecular flexibility index (Phi) is 6.06. The number of allylic oxidation sites excluding steroid dienone is 4. The van der Waals surface area contributed by atoms with Crippen molar-refractivity contribution in [1.29, 1.82) is 0 Å². The Morgan fingerprint density at radius 2 is 1.55 bits per heavy atom. The second kappa shape index (κ2) is 8.91. The molecule has 0 spiro atoms. The van der Waals surface area contributed by atoms with Crippen molar-refractivity contribution in [3.63, 3.8) is 0 Å². The number of hydrogen-bond donors (Lipinski definition) is 0. The molecule has 0 saturated carbocycles. The molecule has 0 amide bonds. The zero-order chi connectivity index (χ0) is 21.8. The van der Waals surface area contributed by atoms with Crippen LogP contribution in [0.4, 0.5) is 0 Å². The van der Waals surface area contributed by atoms with E-state index in [2.05, 4.69) is 110 Å². The second-order valence-corrected chi connectivity index (χ2v) is 8.86. The maximum atomic E-state index is 5.35. The van der Waals surface area contributed by atoms with Crippen molar-refractivity contribution < 1.29 is 4.74 Å². The zero-order valence-electron chi connectivity index (χ0n) is 18.7. The molecule has 1 unspecified atom stereocenters. The quantitative estimate of drug-likeness (QED) is 0.465. The molecule has 1 heterocycles. The summed E-state index contributed by atoms with van der Waals surface area (Å²) in [5, 5.41) is 0. The molecule has 0 saturated heterocycles.